The molecule has 0 aliphatic heterocycles. The van der Waals surface area contributed by atoms with E-state index in [0.29, 0.717) is 23.6 Å². The van der Waals surface area contributed by atoms with Gasteiger partial charge < -0.3 is 9.53 Å². The van der Waals surface area contributed by atoms with Crippen molar-refractivity contribution in [1.82, 2.24) is 4.98 Å². The van der Waals surface area contributed by atoms with Crippen LogP contribution in [-0.2, 0) is 9.22 Å². The van der Waals surface area contributed by atoms with Crippen LogP contribution in [0.3, 0.4) is 0 Å². The van der Waals surface area contributed by atoms with Crippen molar-refractivity contribution in [3.63, 3.8) is 0 Å². The quantitative estimate of drug-likeness (QED) is 0.471. The molecule has 0 saturated carbocycles. The molecule has 0 aromatic carbocycles. The minimum atomic E-state index is -1.94. The van der Waals surface area contributed by atoms with Gasteiger partial charge >= 0.3 is 5.97 Å². The van der Waals surface area contributed by atoms with Gasteiger partial charge in [-0.15, -0.1) is 12.3 Å². The van der Waals surface area contributed by atoms with E-state index in [1.54, 1.807) is 18.3 Å². The van der Waals surface area contributed by atoms with Crippen LogP contribution in [0, 0.1) is 18.3 Å². The highest BCUT2D eigenvalue weighted by Gasteiger charge is 2.33. The van der Waals surface area contributed by atoms with E-state index in [1.165, 1.54) is 0 Å². The molecule has 4 nitrogen and oxygen atoms in total. The lowest BCUT2D eigenvalue weighted by atomic mass is 9.92. The van der Waals surface area contributed by atoms with Crippen molar-refractivity contribution < 1.29 is 14.3 Å². The molecule has 0 radical (unpaired) electrons. The highest BCUT2D eigenvalue weighted by Crippen LogP contribution is 2.32. The maximum atomic E-state index is 11.6. The van der Waals surface area contributed by atoms with E-state index in [4.69, 9.17) is 22.5 Å². The Morgan fingerprint density at radius 1 is 1.52 bits per heavy atom. The fraction of sp³-hybridized carbons (Fsp3) is 0.467. The third-order valence-electron chi connectivity index (χ3n) is 2.84. The molecule has 0 fully saturated rings. The van der Waals surface area contributed by atoms with Gasteiger partial charge in [0.1, 0.15) is 5.15 Å². The van der Waals surface area contributed by atoms with Crippen molar-refractivity contribution in [2.24, 2.45) is 5.92 Å². The van der Waals surface area contributed by atoms with Crippen LogP contribution in [0.15, 0.2) is 18.3 Å². The molecule has 1 aromatic heterocycles. The molecule has 0 bridgehead atoms. The first-order valence-electron chi connectivity index (χ1n) is 6.70. The van der Waals surface area contributed by atoms with Crippen LogP contribution in [0.4, 0.5) is 0 Å². The van der Waals surface area contributed by atoms with Crippen LogP contribution in [0.2, 0.25) is 24.8 Å². The average Bonchev–Trinajstić information content (AvgIpc) is 2.37. The Bertz CT molecular complexity index is 519. The number of hydrogen-bond acceptors (Lipinski definition) is 3. The smallest absolute Gasteiger partial charge is 0.309 e. The summed E-state index contributed by atoms with van der Waals surface area (Å²) in [6.07, 6.45) is 7.02. The summed E-state index contributed by atoms with van der Waals surface area (Å²) >= 11 is 5.79. The Hall–Kier alpha value is -1.35. The Morgan fingerprint density at radius 2 is 2.19 bits per heavy atom. The lowest BCUT2D eigenvalue weighted by Gasteiger charge is -2.30. The highest BCUT2D eigenvalue weighted by atomic mass is 35.5. The molecule has 0 unspecified atom stereocenters. The molecule has 0 amide bonds. The Balaban J connectivity index is 3.13. The van der Waals surface area contributed by atoms with E-state index >= 15 is 0 Å². The van der Waals surface area contributed by atoms with Gasteiger partial charge in [0.2, 0.25) is 0 Å². The number of pyridine rings is 1. The molecule has 1 N–H and O–H groups in total. The Kier molecular flexibility index (Phi) is 6.40. The van der Waals surface area contributed by atoms with Crippen molar-refractivity contribution in [3.05, 3.63) is 29.0 Å². The second-order valence-electron chi connectivity index (χ2n) is 5.75. The standard InChI is InChI=1S/C15H20ClNO3Si/c1-5-6-7-12(15(18)19)14(20-21(2,3)4)11-8-9-13(16)17-10-11/h1,8-10,12,14H,6-7H2,2-4H3,(H,18,19)/t12-,14-/m1/s1. The molecule has 1 rings (SSSR count). The van der Waals surface area contributed by atoms with Crippen LogP contribution < -0.4 is 0 Å². The average molecular weight is 326 g/mol. The van der Waals surface area contributed by atoms with Gasteiger partial charge in [-0.3, -0.25) is 4.79 Å². The third kappa shape index (κ3) is 5.88. The summed E-state index contributed by atoms with van der Waals surface area (Å²) in [6.45, 7) is 6.05. The molecule has 1 heterocycles. The first-order chi connectivity index (χ1) is 9.74. The largest absolute Gasteiger partial charge is 0.481 e. The van der Waals surface area contributed by atoms with E-state index in [2.05, 4.69) is 10.9 Å². The molecule has 1 aromatic rings. The highest BCUT2D eigenvalue weighted by molar-refractivity contribution is 6.69. The van der Waals surface area contributed by atoms with E-state index in [9.17, 15) is 9.90 Å². The number of carboxylic acids is 1. The number of aromatic nitrogens is 1. The van der Waals surface area contributed by atoms with Gasteiger partial charge in [0, 0.05) is 12.6 Å². The van der Waals surface area contributed by atoms with Gasteiger partial charge in [-0.2, -0.15) is 0 Å². The van der Waals surface area contributed by atoms with Crippen LogP contribution in [0.1, 0.15) is 24.5 Å². The van der Waals surface area contributed by atoms with Gasteiger partial charge in [-0.25, -0.2) is 4.98 Å². The van der Waals surface area contributed by atoms with Crippen LogP contribution >= 0.6 is 11.6 Å². The predicted molar refractivity (Wildman–Crippen MR) is 85.6 cm³/mol. The van der Waals surface area contributed by atoms with Crippen LogP contribution in [-0.4, -0.2) is 24.4 Å². The van der Waals surface area contributed by atoms with Crippen molar-refractivity contribution in [2.75, 3.05) is 0 Å². The van der Waals surface area contributed by atoms with Gasteiger partial charge in [0.15, 0.2) is 8.32 Å². The number of hydrogen-bond donors (Lipinski definition) is 1. The zero-order valence-electron chi connectivity index (χ0n) is 12.5. The molecule has 0 spiro atoms. The molecule has 0 aliphatic rings. The fourth-order valence-corrected chi connectivity index (χ4v) is 3.14. The summed E-state index contributed by atoms with van der Waals surface area (Å²) in [5, 5.41) is 9.87. The number of terminal acetylenes is 1. The summed E-state index contributed by atoms with van der Waals surface area (Å²) in [5.41, 5.74) is 0.714. The Morgan fingerprint density at radius 3 is 2.62 bits per heavy atom. The minimum absolute atomic E-state index is 0.362. The summed E-state index contributed by atoms with van der Waals surface area (Å²) < 4.78 is 6.09. The first kappa shape index (κ1) is 17.7. The van der Waals surface area contributed by atoms with Gasteiger partial charge in [0.05, 0.1) is 12.0 Å². The zero-order valence-corrected chi connectivity index (χ0v) is 14.2. The lowest BCUT2D eigenvalue weighted by Crippen LogP contribution is -2.34. The molecule has 21 heavy (non-hydrogen) atoms. The summed E-state index contributed by atoms with van der Waals surface area (Å²) in [6, 6.07) is 3.39. The van der Waals surface area contributed by atoms with Gasteiger partial charge in [-0.05, 0) is 37.7 Å². The second kappa shape index (κ2) is 7.60. The van der Waals surface area contributed by atoms with Crippen LogP contribution in [0.5, 0.6) is 0 Å². The topological polar surface area (TPSA) is 59.4 Å². The van der Waals surface area contributed by atoms with E-state index in [-0.39, 0.29) is 0 Å². The minimum Gasteiger partial charge on any atom is -0.481 e. The monoisotopic (exact) mass is 325 g/mol. The van der Waals surface area contributed by atoms with Crippen molar-refractivity contribution in [2.45, 2.75) is 38.6 Å². The summed E-state index contributed by atoms with van der Waals surface area (Å²) in [7, 11) is -1.94. The number of carboxylic acid groups (broad SMARTS) is 1. The maximum absolute atomic E-state index is 11.6. The fourth-order valence-electron chi connectivity index (χ4n) is 1.96. The number of halogens is 1. The lowest BCUT2D eigenvalue weighted by molar-refractivity contribution is -0.145. The molecular formula is C15H20ClNO3Si. The van der Waals surface area contributed by atoms with Crippen molar-refractivity contribution in [3.8, 4) is 12.3 Å². The second-order valence-corrected chi connectivity index (χ2v) is 10.6. The van der Waals surface area contributed by atoms with Crippen molar-refractivity contribution in [1.29, 1.82) is 0 Å². The SMILES string of the molecule is C#CCC[C@@H](C(=O)O)[C@H](O[Si](C)(C)C)c1ccc(Cl)nc1. The number of carbonyl (C=O) groups is 1. The van der Waals surface area contributed by atoms with Gasteiger partial charge in [-0.1, -0.05) is 17.7 Å². The Labute approximate surface area is 131 Å². The first-order valence-corrected chi connectivity index (χ1v) is 10.5. The number of rotatable bonds is 7. The molecule has 6 heteroatoms. The van der Waals surface area contributed by atoms with E-state index < -0.39 is 26.3 Å². The van der Waals surface area contributed by atoms with E-state index in [0.717, 1.165) is 0 Å². The number of nitrogens with zero attached hydrogens (tertiary/aromatic N) is 1. The molecule has 0 saturated heterocycles. The molecule has 0 aliphatic carbocycles. The van der Waals surface area contributed by atoms with Gasteiger partial charge in [0.25, 0.3) is 0 Å². The summed E-state index contributed by atoms with van der Waals surface area (Å²) in [4.78, 5) is 15.6. The summed E-state index contributed by atoms with van der Waals surface area (Å²) in [5.74, 6) is 0.875. The molecule has 114 valence electrons. The molecular weight excluding hydrogens is 306 g/mol. The number of aliphatic carboxylic acids is 1. The molecule has 2 atom stereocenters. The third-order valence-corrected chi connectivity index (χ3v) is 4.03. The zero-order chi connectivity index (χ0) is 16.0. The van der Waals surface area contributed by atoms with Crippen molar-refractivity contribution >= 4 is 25.9 Å². The van der Waals surface area contributed by atoms with E-state index in [1.807, 2.05) is 19.6 Å². The predicted octanol–water partition coefficient (Wildman–Crippen LogP) is 3.74. The van der Waals surface area contributed by atoms with Crippen LogP contribution in [0.25, 0.3) is 0 Å². The normalized spacial score (nSPS) is 14.2. The maximum Gasteiger partial charge on any atom is 0.309 e.